The molecule has 1 aromatic rings. The van der Waals surface area contributed by atoms with Gasteiger partial charge in [0.05, 0.1) is 17.6 Å². The van der Waals surface area contributed by atoms with Crippen LogP contribution in [0.15, 0.2) is 17.0 Å². The van der Waals surface area contributed by atoms with E-state index in [0.717, 1.165) is 36.3 Å². The molecule has 0 spiro atoms. The van der Waals surface area contributed by atoms with Crippen molar-refractivity contribution in [1.29, 1.82) is 0 Å². The van der Waals surface area contributed by atoms with E-state index < -0.39 is 10.0 Å². The molecule has 2 heterocycles. The molecule has 8 nitrogen and oxygen atoms in total. The predicted octanol–water partition coefficient (Wildman–Crippen LogP) is 1.98. The maximum absolute atomic E-state index is 13.2. The number of carbonyl (C=O) groups is 1. The molecule has 1 atom stereocenters. The van der Waals surface area contributed by atoms with Crippen molar-refractivity contribution >= 4 is 16.1 Å². The SMILES string of the molecule is Cc1cc(C)c(S(=O)(=O)N2CCN(C(=O)NC[C@@H]3CN(CC(C)C)CCO3)CC2)c(C)c1. The molecule has 32 heavy (non-hydrogen) atoms. The molecule has 0 radical (unpaired) electrons. The Morgan fingerprint density at radius 2 is 1.72 bits per heavy atom. The van der Waals surface area contributed by atoms with Crippen LogP contribution >= 0.6 is 0 Å². The van der Waals surface area contributed by atoms with Crippen LogP contribution in [0.1, 0.15) is 30.5 Å². The van der Waals surface area contributed by atoms with Gasteiger partial charge in [0, 0.05) is 52.4 Å². The van der Waals surface area contributed by atoms with Gasteiger partial charge < -0.3 is 15.0 Å². The highest BCUT2D eigenvalue weighted by Crippen LogP contribution is 2.26. The lowest BCUT2D eigenvalue weighted by Gasteiger charge is -2.36. The van der Waals surface area contributed by atoms with Gasteiger partial charge in [0.15, 0.2) is 0 Å². The van der Waals surface area contributed by atoms with Crippen LogP contribution in [-0.4, -0.2) is 93.6 Å². The van der Waals surface area contributed by atoms with Gasteiger partial charge in [-0.05, 0) is 37.8 Å². The Morgan fingerprint density at radius 1 is 1.09 bits per heavy atom. The largest absolute Gasteiger partial charge is 0.374 e. The molecule has 0 unspecified atom stereocenters. The van der Waals surface area contributed by atoms with Crippen molar-refractivity contribution in [2.45, 2.75) is 45.6 Å². The Bertz CT molecular complexity index is 888. The minimum Gasteiger partial charge on any atom is -0.374 e. The van der Waals surface area contributed by atoms with Gasteiger partial charge in [-0.3, -0.25) is 4.90 Å². The number of hydrogen-bond acceptors (Lipinski definition) is 5. The molecule has 2 saturated heterocycles. The van der Waals surface area contributed by atoms with Crippen LogP contribution in [0.3, 0.4) is 0 Å². The molecule has 0 aromatic heterocycles. The summed E-state index contributed by atoms with van der Waals surface area (Å²) >= 11 is 0. The highest BCUT2D eigenvalue weighted by molar-refractivity contribution is 7.89. The molecule has 1 N–H and O–H groups in total. The third-order valence-corrected chi connectivity index (χ3v) is 8.26. The first-order chi connectivity index (χ1) is 15.1. The Kier molecular flexibility index (Phi) is 8.19. The summed E-state index contributed by atoms with van der Waals surface area (Å²) in [6.45, 7) is 15.3. The average Bonchev–Trinajstić information content (AvgIpc) is 2.71. The third-order valence-electron chi connectivity index (χ3n) is 6.06. The van der Waals surface area contributed by atoms with Crippen LogP contribution < -0.4 is 5.32 Å². The number of nitrogens with one attached hydrogen (secondary N) is 1. The maximum Gasteiger partial charge on any atom is 0.317 e. The number of carbonyl (C=O) groups excluding carboxylic acids is 1. The minimum absolute atomic E-state index is 0.0133. The minimum atomic E-state index is -3.59. The van der Waals surface area contributed by atoms with Crippen molar-refractivity contribution in [3.8, 4) is 0 Å². The Labute approximate surface area is 192 Å². The van der Waals surface area contributed by atoms with E-state index in [4.69, 9.17) is 4.74 Å². The van der Waals surface area contributed by atoms with Crippen LogP contribution in [0, 0.1) is 26.7 Å². The van der Waals surface area contributed by atoms with E-state index in [0.29, 0.717) is 50.1 Å². The van der Waals surface area contributed by atoms with Gasteiger partial charge >= 0.3 is 6.03 Å². The van der Waals surface area contributed by atoms with Gasteiger partial charge in [0.25, 0.3) is 0 Å². The van der Waals surface area contributed by atoms with Crippen molar-refractivity contribution < 1.29 is 17.9 Å². The molecule has 0 aliphatic carbocycles. The number of rotatable bonds is 6. The number of urea groups is 1. The Morgan fingerprint density at radius 3 is 2.31 bits per heavy atom. The molecule has 3 rings (SSSR count). The first-order valence-electron chi connectivity index (χ1n) is 11.5. The highest BCUT2D eigenvalue weighted by Gasteiger charge is 2.32. The molecule has 2 aliphatic heterocycles. The van der Waals surface area contributed by atoms with Crippen molar-refractivity contribution in [3.05, 3.63) is 28.8 Å². The van der Waals surface area contributed by atoms with Gasteiger partial charge in [0.2, 0.25) is 10.0 Å². The van der Waals surface area contributed by atoms with Gasteiger partial charge in [-0.25, -0.2) is 13.2 Å². The lowest BCUT2D eigenvalue weighted by Crippen LogP contribution is -2.55. The van der Waals surface area contributed by atoms with E-state index in [2.05, 4.69) is 24.1 Å². The van der Waals surface area contributed by atoms with E-state index in [1.807, 2.05) is 32.9 Å². The van der Waals surface area contributed by atoms with E-state index >= 15 is 0 Å². The quantitative estimate of drug-likeness (QED) is 0.693. The van der Waals surface area contributed by atoms with Gasteiger partial charge in [-0.2, -0.15) is 4.31 Å². The van der Waals surface area contributed by atoms with Crippen molar-refractivity contribution in [2.75, 3.05) is 59.0 Å². The van der Waals surface area contributed by atoms with Crippen molar-refractivity contribution in [2.24, 2.45) is 5.92 Å². The molecule has 2 amide bonds. The van der Waals surface area contributed by atoms with Crippen molar-refractivity contribution in [1.82, 2.24) is 19.4 Å². The molecule has 2 fully saturated rings. The second-order valence-corrected chi connectivity index (χ2v) is 11.3. The summed E-state index contributed by atoms with van der Waals surface area (Å²) in [6.07, 6.45) is -0.0133. The first kappa shape index (κ1) is 25.0. The lowest BCUT2D eigenvalue weighted by atomic mass is 10.1. The van der Waals surface area contributed by atoms with E-state index in [1.54, 1.807) is 4.90 Å². The number of piperazine rings is 1. The number of sulfonamides is 1. The van der Waals surface area contributed by atoms with E-state index in [1.165, 1.54) is 4.31 Å². The number of ether oxygens (including phenoxy) is 1. The van der Waals surface area contributed by atoms with Crippen LogP contribution in [0.5, 0.6) is 0 Å². The average molecular weight is 467 g/mol. The Hall–Kier alpha value is -1.68. The predicted molar refractivity (Wildman–Crippen MR) is 125 cm³/mol. The molecule has 0 saturated carbocycles. The topological polar surface area (TPSA) is 82.2 Å². The van der Waals surface area contributed by atoms with Gasteiger partial charge in [-0.1, -0.05) is 31.5 Å². The van der Waals surface area contributed by atoms with Crippen LogP contribution in [-0.2, 0) is 14.8 Å². The van der Waals surface area contributed by atoms with E-state index in [-0.39, 0.29) is 12.1 Å². The summed E-state index contributed by atoms with van der Waals surface area (Å²) < 4.78 is 33.8. The zero-order valence-electron chi connectivity index (χ0n) is 20.1. The zero-order chi connectivity index (χ0) is 23.5. The van der Waals surface area contributed by atoms with Gasteiger partial charge in [-0.15, -0.1) is 0 Å². The monoisotopic (exact) mass is 466 g/mol. The number of amides is 2. The molecular weight excluding hydrogens is 428 g/mol. The summed E-state index contributed by atoms with van der Waals surface area (Å²) in [5, 5.41) is 2.97. The summed E-state index contributed by atoms with van der Waals surface area (Å²) in [5.41, 5.74) is 2.58. The standard InChI is InChI=1S/C23H38N4O4S/c1-17(2)15-25-10-11-31-21(16-25)14-24-23(28)26-6-8-27(9-7-26)32(29,30)22-19(4)12-18(3)13-20(22)5/h12-13,17,21H,6-11,14-16H2,1-5H3,(H,24,28)/t21-/m1/s1. The molecule has 1 aromatic carbocycles. The van der Waals surface area contributed by atoms with Crippen LogP contribution in [0.2, 0.25) is 0 Å². The number of nitrogens with zero attached hydrogens (tertiary/aromatic N) is 3. The number of hydrogen-bond donors (Lipinski definition) is 1. The van der Waals surface area contributed by atoms with E-state index in [9.17, 15) is 13.2 Å². The fraction of sp³-hybridized carbons (Fsp3) is 0.696. The summed E-state index contributed by atoms with van der Waals surface area (Å²) in [5.74, 6) is 0.600. The summed E-state index contributed by atoms with van der Waals surface area (Å²) in [7, 11) is -3.59. The zero-order valence-corrected chi connectivity index (χ0v) is 20.9. The first-order valence-corrected chi connectivity index (χ1v) is 13.0. The lowest BCUT2D eigenvalue weighted by molar-refractivity contribution is -0.0294. The van der Waals surface area contributed by atoms with Crippen molar-refractivity contribution in [3.63, 3.8) is 0 Å². The molecule has 0 bridgehead atoms. The molecule has 2 aliphatic rings. The number of aryl methyl sites for hydroxylation is 3. The smallest absolute Gasteiger partial charge is 0.317 e. The molecule has 180 valence electrons. The summed E-state index contributed by atoms with van der Waals surface area (Å²) in [4.78, 5) is 17.1. The summed E-state index contributed by atoms with van der Waals surface area (Å²) in [6, 6.07) is 3.65. The fourth-order valence-corrected chi connectivity index (χ4v) is 6.57. The third kappa shape index (κ3) is 6.01. The Balaban J connectivity index is 1.51. The highest BCUT2D eigenvalue weighted by atomic mass is 32.2. The maximum atomic E-state index is 13.2. The second kappa shape index (κ2) is 10.5. The normalized spacial score (nSPS) is 21.2. The fourth-order valence-electron chi connectivity index (χ4n) is 4.73. The molecular formula is C23H38N4O4S. The van der Waals surface area contributed by atoms with Crippen LogP contribution in [0.4, 0.5) is 4.79 Å². The molecule has 9 heteroatoms. The van der Waals surface area contributed by atoms with Crippen LogP contribution in [0.25, 0.3) is 0 Å². The second-order valence-electron chi connectivity index (χ2n) is 9.45. The number of benzene rings is 1. The van der Waals surface area contributed by atoms with Gasteiger partial charge in [0.1, 0.15) is 0 Å². The number of morpholine rings is 1.